The Balaban J connectivity index is 1.70. The maximum atomic E-state index is 5.94. The first-order chi connectivity index (χ1) is 7.83. The van der Waals surface area contributed by atoms with Gasteiger partial charge in [-0.15, -0.1) is 10.2 Å². The number of nitrogens with two attached hydrogens (primary N) is 1. The van der Waals surface area contributed by atoms with Crippen molar-refractivity contribution in [3.05, 3.63) is 12.2 Å². The van der Waals surface area contributed by atoms with Gasteiger partial charge in [0.25, 0.3) is 0 Å². The van der Waals surface area contributed by atoms with Crippen molar-refractivity contribution in [3.8, 4) is 0 Å². The highest BCUT2D eigenvalue weighted by Crippen LogP contribution is 2.34. The Bertz CT molecular complexity index is 348. The van der Waals surface area contributed by atoms with Crippen molar-refractivity contribution < 1.29 is 0 Å². The summed E-state index contributed by atoms with van der Waals surface area (Å²) in [6.45, 7) is 1.13. The minimum atomic E-state index is 0.413. The summed E-state index contributed by atoms with van der Waals surface area (Å²) >= 11 is 0. The quantitative estimate of drug-likeness (QED) is 0.843. The molecule has 4 heteroatoms. The molecule has 2 N–H and O–H groups in total. The van der Waals surface area contributed by atoms with Crippen LogP contribution in [0.4, 0.5) is 0 Å². The van der Waals surface area contributed by atoms with Crippen LogP contribution in [-0.4, -0.2) is 20.8 Å². The normalized spacial score (nSPS) is 30.6. The van der Waals surface area contributed by atoms with Gasteiger partial charge in [-0.25, -0.2) is 0 Å². The maximum Gasteiger partial charge on any atom is 0.135 e. The van der Waals surface area contributed by atoms with Gasteiger partial charge in [-0.2, -0.15) is 0 Å². The molecule has 1 aromatic heterocycles. The fourth-order valence-electron chi connectivity index (χ4n) is 2.68. The molecule has 0 radical (unpaired) electrons. The van der Waals surface area contributed by atoms with E-state index in [1.807, 2.05) is 6.33 Å². The van der Waals surface area contributed by atoms with Gasteiger partial charge < -0.3 is 10.3 Å². The Morgan fingerprint density at radius 2 is 1.94 bits per heavy atom. The highest BCUT2D eigenvalue weighted by molar-refractivity contribution is 5.00. The van der Waals surface area contributed by atoms with E-state index >= 15 is 0 Å². The van der Waals surface area contributed by atoms with E-state index in [9.17, 15) is 0 Å². The van der Waals surface area contributed by atoms with Gasteiger partial charge in [0, 0.05) is 18.5 Å². The summed E-state index contributed by atoms with van der Waals surface area (Å²) in [4.78, 5) is 0. The standard InChI is InChI=1S/C12H20N4/c13-11-5-3-10(4-6-11)12-15-14-8-16(12)7-9-1-2-9/h8-11H,1-7,13H2. The van der Waals surface area contributed by atoms with E-state index in [0.717, 1.165) is 25.3 Å². The smallest absolute Gasteiger partial charge is 0.135 e. The van der Waals surface area contributed by atoms with Gasteiger partial charge in [-0.1, -0.05) is 0 Å². The third-order valence-corrected chi connectivity index (χ3v) is 3.93. The van der Waals surface area contributed by atoms with E-state index < -0.39 is 0 Å². The van der Waals surface area contributed by atoms with Gasteiger partial charge in [0.2, 0.25) is 0 Å². The molecular weight excluding hydrogens is 200 g/mol. The Morgan fingerprint density at radius 1 is 1.19 bits per heavy atom. The Morgan fingerprint density at radius 3 is 2.62 bits per heavy atom. The van der Waals surface area contributed by atoms with Crippen LogP contribution in [0, 0.1) is 5.92 Å². The van der Waals surface area contributed by atoms with Gasteiger partial charge >= 0.3 is 0 Å². The van der Waals surface area contributed by atoms with Crippen LogP contribution in [0.25, 0.3) is 0 Å². The molecule has 2 aliphatic rings. The van der Waals surface area contributed by atoms with Gasteiger partial charge in [0.1, 0.15) is 12.2 Å². The zero-order valence-corrected chi connectivity index (χ0v) is 9.68. The summed E-state index contributed by atoms with van der Waals surface area (Å²) in [7, 11) is 0. The molecule has 0 aliphatic heterocycles. The fourth-order valence-corrected chi connectivity index (χ4v) is 2.68. The van der Waals surface area contributed by atoms with Crippen LogP contribution in [0.1, 0.15) is 50.3 Å². The summed E-state index contributed by atoms with van der Waals surface area (Å²) in [5.74, 6) is 2.69. The molecule has 2 saturated carbocycles. The van der Waals surface area contributed by atoms with Crippen molar-refractivity contribution in [1.82, 2.24) is 14.8 Å². The molecule has 1 aromatic rings. The molecule has 88 valence electrons. The van der Waals surface area contributed by atoms with E-state index in [1.54, 1.807) is 0 Å². The highest BCUT2D eigenvalue weighted by Gasteiger charge is 2.27. The van der Waals surface area contributed by atoms with Crippen LogP contribution in [0.5, 0.6) is 0 Å². The van der Waals surface area contributed by atoms with E-state index in [0.29, 0.717) is 12.0 Å². The lowest BCUT2D eigenvalue weighted by Crippen LogP contribution is -2.26. The predicted molar refractivity (Wildman–Crippen MR) is 61.9 cm³/mol. The summed E-state index contributed by atoms with van der Waals surface area (Å²) in [6.07, 6.45) is 9.32. The van der Waals surface area contributed by atoms with E-state index in [-0.39, 0.29) is 0 Å². The van der Waals surface area contributed by atoms with E-state index in [2.05, 4.69) is 14.8 Å². The topological polar surface area (TPSA) is 56.7 Å². The Labute approximate surface area is 96.2 Å². The van der Waals surface area contributed by atoms with Crippen molar-refractivity contribution in [3.63, 3.8) is 0 Å². The number of nitrogens with zero attached hydrogens (tertiary/aromatic N) is 3. The molecule has 1 heterocycles. The largest absolute Gasteiger partial charge is 0.328 e. The number of hydrogen-bond donors (Lipinski definition) is 1. The van der Waals surface area contributed by atoms with Crippen molar-refractivity contribution in [2.75, 3.05) is 0 Å². The molecule has 2 aliphatic carbocycles. The first-order valence-corrected chi connectivity index (χ1v) is 6.46. The lowest BCUT2D eigenvalue weighted by molar-refractivity contribution is 0.373. The average Bonchev–Trinajstić information content (AvgIpc) is 2.97. The lowest BCUT2D eigenvalue weighted by Gasteiger charge is -2.25. The third kappa shape index (κ3) is 2.12. The zero-order valence-electron chi connectivity index (χ0n) is 9.68. The van der Waals surface area contributed by atoms with Crippen molar-refractivity contribution in [1.29, 1.82) is 0 Å². The number of aromatic nitrogens is 3. The molecule has 0 aromatic carbocycles. The first-order valence-electron chi connectivity index (χ1n) is 6.46. The van der Waals surface area contributed by atoms with Gasteiger partial charge in [0.15, 0.2) is 0 Å². The second kappa shape index (κ2) is 4.17. The van der Waals surface area contributed by atoms with Crippen LogP contribution in [0.3, 0.4) is 0 Å². The molecule has 4 nitrogen and oxygen atoms in total. The summed E-state index contributed by atoms with van der Waals surface area (Å²) in [5.41, 5.74) is 5.94. The SMILES string of the molecule is NC1CCC(c2nncn2CC2CC2)CC1. The van der Waals surface area contributed by atoms with Gasteiger partial charge in [0.05, 0.1) is 0 Å². The van der Waals surface area contributed by atoms with Crippen LogP contribution in [-0.2, 0) is 6.54 Å². The summed E-state index contributed by atoms with van der Waals surface area (Å²) in [6, 6.07) is 0.413. The zero-order chi connectivity index (χ0) is 11.0. The Kier molecular flexibility index (Phi) is 2.67. The second-order valence-corrected chi connectivity index (χ2v) is 5.40. The van der Waals surface area contributed by atoms with Crippen LogP contribution >= 0.6 is 0 Å². The molecule has 3 rings (SSSR count). The molecular formula is C12H20N4. The Hall–Kier alpha value is -0.900. The van der Waals surface area contributed by atoms with Gasteiger partial charge in [-0.05, 0) is 44.4 Å². The lowest BCUT2D eigenvalue weighted by atomic mass is 9.86. The number of rotatable bonds is 3. The maximum absolute atomic E-state index is 5.94. The molecule has 16 heavy (non-hydrogen) atoms. The fraction of sp³-hybridized carbons (Fsp3) is 0.833. The van der Waals surface area contributed by atoms with E-state index in [4.69, 9.17) is 5.73 Å². The number of hydrogen-bond acceptors (Lipinski definition) is 3. The third-order valence-electron chi connectivity index (χ3n) is 3.93. The molecule has 0 spiro atoms. The van der Waals surface area contributed by atoms with Crippen molar-refractivity contribution in [2.24, 2.45) is 11.7 Å². The average molecular weight is 220 g/mol. The molecule has 0 bridgehead atoms. The monoisotopic (exact) mass is 220 g/mol. The van der Waals surface area contributed by atoms with Crippen LogP contribution < -0.4 is 5.73 Å². The van der Waals surface area contributed by atoms with Gasteiger partial charge in [-0.3, -0.25) is 0 Å². The molecule has 0 saturated heterocycles. The molecule has 0 unspecified atom stereocenters. The minimum Gasteiger partial charge on any atom is -0.328 e. The summed E-state index contributed by atoms with van der Waals surface area (Å²) in [5, 5.41) is 8.40. The molecule has 0 atom stereocenters. The van der Waals surface area contributed by atoms with Crippen LogP contribution in [0.15, 0.2) is 6.33 Å². The van der Waals surface area contributed by atoms with E-state index in [1.165, 1.54) is 31.5 Å². The predicted octanol–water partition coefficient (Wildman–Crippen LogP) is 1.67. The van der Waals surface area contributed by atoms with Crippen molar-refractivity contribution in [2.45, 2.75) is 57.0 Å². The second-order valence-electron chi connectivity index (χ2n) is 5.40. The highest BCUT2D eigenvalue weighted by atomic mass is 15.3. The minimum absolute atomic E-state index is 0.413. The van der Waals surface area contributed by atoms with Crippen LogP contribution in [0.2, 0.25) is 0 Å². The first kappa shape index (κ1) is 10.3. The summed E-state index contributed by atoms with van der Waals surface area (Å²) < 4.78 is 2.28. The molecule has 2 fully saturated rings. The molecule has 0 amide bonds. The van der Waals surface area contributed by atoms with Crippen molar-refractivity contribution >= 4 is 0 Å².